The third-order valence-electron chi connectivity index (χ3n) is 4.26. The van der Waals surface area contributed by atoms with Gasteiger partial charge < -0.3 is 14.5 Å². The lowest BCUT2D eigenvalue weighted by Crippen LogP contribution is -2.40. The van der Waals surface area contributed by atoms with E-state index in [1.54, 1.807) is 13.0 Å². The van der Waals surface area contributed by atoms with Gasteiger partial charge in [-0.15, -0.1) is 0 Å². The number of aliphatic carboxylic acids is 1. The van der Waals surface area contributed by atoms with Crippen LogP contribution in [0.1, 0.15) is 54.4 Å². The summed E-state index contributed by atoms with van der Waals surface area (Å²) in [6.07, 6.45) is 1.17. The van der Waals surface area contributed by atoms with Crippen LogP contribution in [0.5, 0.6) is 0 Å². The Morgan fingerprint density at radius 2 is 2.17 bits per heavy atom. The Morgan fingerprint density at radius 3 is 2.83 bits per heavy atom. The average Bonchev–Trinajstić information content (AvgIpc) is 3.13. The summed E-state index contributed by atoms with van der Waals surface area (Å²) in [4.78, 5) is 30.2. The van der Waals surface area contributed by atoms with Crippen molar-refractivity contribution in [2.75, 3.05) is 6.54 Å². The van der Waals surface area contributed by atoms with E-state index >= 15 is 0 Å². The Balaban J connectivity index is 2.12. The molecule has 1 unspecified atom stereocenters. The van der Waals surface area contributed by atoms with Gasteiger partial charge in [-0.05, 0) is 31.7 Å². The number of aryl methyl sites for hydroxylation is 1. The highest BCUT2D eigenvalue weighted by Crippen LogP contribution is 2.28. The molecular formula is C16H19N3O4. The van der Waals surface area contributed by atoms with Gasteiger partial charge in [-0.2, -0.15) is 0 Å². The lowest BCUT2D eigenvalue weighted by Gasteiger charge is -2.22. The van der Waals surface area contributed by atoms with E-state index in [0.29, 0.717) is 41.7 Å². The number of aromatic nitrogens is 2. The standard InChI is InChI=1S/C16H19N3O4/c1-8(2)11-7-10(13-9(3)18-23-14(13)17-11)15(20)19-6-4-5-12(19)16(21)22/h7-8,12H,4-6H2,1-3H3,(H,21,22). The van der Waals surface area contributed by atoms with Crippen molar-refractivity contribution in [2.24, 2.45) is 0 Å². The van der Waals surface area contributed by atoms with Crippen molar-refractivity contribution in [2.45, 2.75) is 45.6 Å². The predicted octanol–water partition coefficient (Wildman–Crippen LogP) is 2.34. The molecule has 122 valence electrons. The van der Waals surface area contributed by atoms with Crippen LogP contribution in [0.15, 0.2) is 10.6 Å². The van der Waals surface area contributed by atoms with Crippen molar-refractivity contribution in [3.63, 3.8) is 0 Å². The number of hydrogen-bond donors (Lipinski definition) is 1. The summed E-state index contributed by atoms with van der Waals surface area (Å²) in [7, 11) is 0. The zero-order valence-corrected chi connectivity index (χ0v) is 13.4. The quantitative estimate of drug-likeness (QED) is 0.933. The maximum Gasteiger partial charge on any atom is 0.326 e. The highest BCUT2D eigenvalue weighted by molar-refractivity contribution is 6.07. The van der Waals surface area contributed by atoms with E-state index in [0.717, 1.165) is 5.69 Å². The topological polar surface area (TPSA) is 96.5 Å². The van der Waals surface area contributed by atoms with E-state index in [-0.39, 0.29) is 11.8 Å². The molecule has 3 heterocycles. The predicted molar refractivity (Wildman–Crippen MR) is 82.3 cm³/mol. The minimum Gasteiger partial charge on any atom is -0.480 e. The van der Waals surface area contributed by atoms with Crippen molar-refractivity contribution in [3.05, 3.63) is 23.0 Å². The Hall–Kier alpha value is -2.44. The Labute approximate surface area is 133 Å². The fraction of sp³-hybridized carbons (Fsp3) is 0.500. The first-order valence-electron chi connectivity index (χ1n) is 7.71. The van der Waals surface area contributed by atoms with Gasteiger partial charge in [0, 0.05) is 12.2 Å². The molecule has 2 aromatic heterocycles. The third-order valence-corrected chi connectivity index (χ3v) is 4.26. The van der Waals surface area contributed by atoms with Gasteiger partial charge in [0.05, 0.1) is 16.6 Å². The maximum absolute atomic E-state index is 13.0. The number of carbonyl (C=O) groups excluding carboxylic acids is 1. The number of likely N-dealkylation sites (tertiary alicyclic amines) is 1. The second kappa shape index (κ2) is 5.64. The fourth-order valence-corrected chi connectivity index (χ4v) is 3.00. The molecule has 0 saturated carbocycles. The molecule has 1 aliphatic rings. The molecule has 3 rings (SSSR count). The van der Waals surface area contributed by atoms with Crippen molar-refractivity contribution < 1.29 is 19.2 Å². The van der Waals surface area contributed by atoms with Gasteiger partial charge in [0.25, 0.3) is 11.6 Å². The summed E-state index contributed by atoms with van der Waals surface area (Å²) in [5, 5.41) is 13.8. The Kier molecular flexibility index (Phi) is 3.79. The zero-order chi connectivity index (χ0) is 16.7. The fourth-order valence-electron chi connectivity index (χ4n) is 3.00. The first-order chi connectivity index (χ1) is 10.9. The lowest BCUT2D eigenvalue weighted by molar-refractivity contribution is -0.141. The minimum absolute atomic E-state index is 0.116. The van der Waals surface area contributed by atoms with Crippen LogP contribution in [0, 0.1) is 6.92 Å². The summed E-state index contributed by atoms with van der Waals surface area (Å²) in [6, 6.07) is 0.963. The molecule has 1 fully saturated rings. The zero-order valence-electron chi connectivity index (χ0n) is 13.4. The normalized spacial score (nSPS) is 18.1. The van der Waals surface area contributed by atoms with Gasteiger partial charge in [-0.3, -0.25) is 4.79 Å². The highest BCUT2D eigenvalue weighted by atomic mass is 16.5. The van der Waals surface area contributed by atoms with E-state index < -0.39 is 12.0 Å². The number of pyridine rings is 1. The highest BCUT2D eigenvalue weighted by Gasteiger charge is 2.35. The molecule has 0 aliphatic carbocycles. The number of rotatable bonds is 3. The van der Waals surface area contributed by atoms with E-state index in [4.69, 9.17) is 4.52 Å². The van der Waals surface area contributed by atoms with Crippen LogP contribution in [0.2, 0.25) is 0 Å². The summed E-state index contributed by atoms with van der Waals surface area (Å²) in [5.74, 6) is -1.15. The molecule has 1 saturated heterocycles. The molecule has 0 aromatic carbocycles. The van der Waals surface area contributed by atoms with Crippen molar-refractivity contribution >= 4 is 23.0 Å². The van der Waals surface area contributed by atoms with Gasteiger partial charge in [0.2, 0.25) is 0 Å². The molecule has 1 atom stereocenters. The van der Waals surface area contributed by atoms with Crippen LogP contribution in [0.25, 0.3) is 11.1 Å². The van der Waals surface area contributed by atoms with Gasteiger partial charge in [0.1, 0.15) is 6.04 Å². The smallest absolute Gasteiger partial charge is 0.326 e. The van der Waals surface area contributed by atoms with Crippen molar-refractivity contribution in [3.8, 4) is 0 Å². The SMILES string of the molecule is Cc1noc2nc(C(C)C)cc(C(=O)N3CCCC3C(=O)O)c12. The van der Waals surface area contributed by atoms with E-state index in [1.807, 2.05) is 13.8 Å². The summed E-state index contributed by atoms with van der Waals surface area (Å²) < 4.78 is 5.22. The molecule has 0 radical (unpaired) electrons. The van der Waals surface area contributed by atoms with Crippen LogP contribution >= 0.6 is 0 Å². The van der Waals surface area contributed by atoms with Crippen LogP contribution in [-0.4, -0.2) is 44.6 Å². The molecule has 7 nitrogen and oxygen atoms in total. The first kappa shape index (κ1) is 15.5. The number of hydrogen-bond acceptors (Lipinski definition) is 5. The lowest BCUT2D eigenvalue weighted by atomic mass is 10.0. The molecule has 0 bridgehead atoms. The molecule has 1 N–H and O–H groups in total. The largest absolute Gasteiger partial charge is 0.480 e. The molecule has 0 spiro atoms. The van der Waals surface area contributed by atoms with E-state index in [9.17, 15) is 14.7 Å². The van der Waals surface area contributed by atoms with Crippen LogP contribution < -0.4 is 0 Å². The maximum atomic E-state index is 13.0. The molecule has 1 aliphatic heterocycles. The second-order valence-electron chi connectivity index (χ2n) is 6.19. The monoisotopic (exact) mass is 317 g/mol. The molecule has 23 heavy (non-hydrogen) atoms. The van der Waals surface area contributed by atoms with Gasteiger partial charge >= 0.3 is 5.97 Å². The number of fused-ring (bicyclic) bond motifs is 1. The average molecular weight is 317 g/mol. The van der Waals surface area contributed by atoms with Gasteiger partial charge in [-0.1, -0.05) is 19.0 Å². The van der Waals surface area contributed by atoms with Crippen LogP contribution in [0.4, 0.5) is 0 Å². The first-order valence-corrected chi connectivity index (χ1v) is 7.71. The Morgan fingerprint density at radius 1 is 1.43 bits per heavy atom. The van der Waals surface area contributed by atoms with Gasteiger partial charge in [0.15, 0.2) is 0 Å². The number of amides is 1. The van der Waals surface area contributed by atoms with Crippen LogP contribution in [0.3, 0.4) is 0 Å². The molecule has 2 aromatic rings. The number of carbonyl (C=O) groups is 2. The van der Waals surface area contributed by atoms with Crippen molar-refractivity contribution in [1.82, 2.24) is 15.0 Å². The molecule has 1 amide bonds. The summed E-state index contributed by atoms with van der Waals surface area (Å²) in [5.41, 5.74) is 2.05. The molecule has 7 heteroatoms. The van der Waals surface area contributed by atoms with Crippen molar-refractivity contribution in [1.29, 1.82) is 0 Å². The van der Waals surface area contributed by atoms with E-state index in [1.165, 1.54) is 4.90 Å². The number of carboxylic acid groups (broad SMARTS) is 1. The third kappa shape index (κ3) is 2.56. The van der Waals surface area contributed by atoms with Crippen LogP contribution in [-0.2, 0) is 4.79 Å². The number of nitrogens with zero attached hydrogens (tertiary/aromatic N) is 3. The Bertz CT molecular complexity index is 781. The molecular weight excluding hydrogens is 298 g/mol. The minimum atomic E-state index is -0.965. The second-order valence-corrected chi connectivity index (χ2v) is 6.19. The summed E-state index contributed by atoms with van der Waals surface area (Å²) >= 11 is 0. The van der Waals surface area contributed by atoms with E-state index in [2.05, 4.69) is 10.1 Å². The summed E-state index contributed by atoms with van der Waals surface area (Å²) in [6.45, 7) is 6.14. The number of carboxylic acids is 1. The van der Waals surface area contributed by atoms with Gasteiger partial charge in [-0.25, -0.2) is 9.78 Å².